The molecule has 0 aromatic heterocycles. The molecule has 0 radical (unpaired) electrons. The largest absolute Gasteiger partial charge is 0.414 e. The first kappa shape index (κ1) is 22.9. The molecule has 4 rings (SSSR count). The quantitative estimate of drug-likeness (QED) is 0.360. The van der Waals surface area contributed by atoms with Gasteiger partial charge in [-0.15, -0.1) is 0 Å². The molecule has 0 amide bonds. The van der Waals surface area contributed by atoms with Gasteiger partial charge in [-0.25, -0.2) is 0 Å². The summed E-state index contributed by atoms with van der Waals surface area (Å²) in [6.45, 7) is 18.7. The Labute approximate surface area is 186 Å². The Balaban J connectivity index is 1.71. The molecule has 3 nitrogen and oxygen atoms in total. The molecule has 170 valence electrons. The lowest BCUT2D eigenvalue weighted by Crippen LogP contribution is -2.56. The van der Waals surface area contributed by atoms with Crippen LogP contribution in [0.3, 0.4) is 0 Å². The van der Waals surface area contributed by atoms with Crippen molar-refractivity contribution in [2.24, 2.45) is 28.6 Å². The smallest absolute Gasteiger partial charge is 0.184 e. The van der Waals surface area contributed by atoms with E-state index in [2.05, 4.69) is 59.2 Å². The van der Waals surface area contributed by atoms with Crippen LogP contribution in [0.4, 0.5) is 0 Å². The van der Waals surface area contributed by atoms with E-state index in [-0.39, 0.29) is 16.9 Å². The summed E-state index contributed by atoms with van der Waals surface area (Å²) >= 11 is 0. The molecular weight excluding hydrogens is 404 g/mol. The summed E-state index contributed by atoms with van der Waals surface area (Å²) in [6.07, 6.45) is 10.7. The van der Waals surface area contributed by atoms with Crippen LogP contribution in [-0.4, -0.2) is 34.6 Å². The fraction of sp³-hybridized carbons (Fsp3) is 0.880. The zero-order valence-electron chi connectivity index (χ0n) is 20.6. The van der Waals surface area contributed by atoms with Crippen LogP contribution in [0.25, 0.3) is 0 Å². The molecule has 7 atom stereocenters. The third kappa shape index (κ3) is 3.97. The van der Waals surface area contributed by atoms with Crippen molar-refractivity contribution in [2.45, 2.75) is 110 Å². The minimum atomic E-state index is -1.70. The second-order valence-corrected chi connectivity index (χ2v) is 22.0. The average Bonchev–Trinajstić information content (AvgIpc) is 2.89. The van der Waals surface area contributed by atoms with Crippen LogP contribution in [0.1, 0.15) is 58.8 Å². The van der Waals surface area contributed by atoms with E-state index in [0.717, 1.165) is 25.7 Å². The molecule has 0 saturated heterocycles. The second-order valence-electron chi connectivity index (χ2n) is 13.1. The van der Waals surface area contributed by atoms with Crippen LogP contribution < -0.4 is 0 Å². The molecule has 3 saturated carbocycles. The van der Waals surface area contributed by atoms with Crippen LogP contribution in [0.2, 0.25) is 39.3 Å². The number of ketones is 1. The Morgan fingerprint density at radius 2 is 1.47 bits per heavy atom. The normalized spacial score (nSPS) is 44.2. The standard InChI is InChI=1S/C25H44O3Si2/c1-24-13-11-18(27-29(3,4)5)15-17(24)16-21(28-30(6,7)8)23-19-9-10-22(26)25(19,2)14-12-20(23)24/h16,18-21,23H,9-15H2,1-8H3/t18?,19-,20+,21?,23-,24-,25-/m0/s1. The van der Waals surface area contributed by atoms with E-state index in [4.69, 9.17) is 8.85 Å². The van der Waals surface area contributed by atoms with Crippen molar-refractivity contribution in [3.63, 3.8) is 0 Å². The molecule has 5 heteroatoms. The maximum Gasteiger partial charge on any atom is 0.184 e. The molecule has 0 aromatic rings. The number of hydrogen-bond acceptors (Lipinski definition) is 3. The highest BCUT2D eigenvalue weighted by Crippen LogP contribution is 2.64. The summed E-state index contributed by atoms with van der Waals surface area (Å²) in [6, 6.07) is 0. The van der Waals surface area contributed by atoms with Gasteiger partial charge in [0.2, 0.25) is 0 Å². The van der Waals surface area contributed by atoms with Crippen molar-refractivity contribution in [2.75, 3.05) is 0 Å². The minimum Gasteiger partial charge on any atom is -0.414 e. The lowest BCUT2D eigenvalue weighted by Gasteiger charge is -2.59. The van der Waals surface area contributed by atoms with E-state index in [0.29, 0.717) is 29.6 Å². The van der Waals surface area contributed by atoms with Gasteiger partial charge in [-0.2, -0.15) is 0 Å². The summed E-state index contributed by atoms with van der Waals surface area (Å²) in [7, 11) is -3.24. The molecule has 0 heterocycles. The van der Waals surface area contributed by atoms with Crippen LogP contribution in [0.15, 0.2) is 11.6 Å². The number of carbonyl (C=O) groups excluding carboxylic acids is 1. The van der Waals surface area contributed by atoms with E-state index in [1.54, 1.807) is 5.57 Å². The molecule has 0 N–H and O–H groups in total. The van der Waals surface area contributed by atoms with Gasteiger partial charge in [0.15, 0.2) is 16.6 Å². The Morgan fingerprint density at radius 3 is 2.10 bits per heavy atom. The maximum absolute atomic E-state index is 12.9. The number of hydrogen-bond donors (Lipinski definition) is 0. The van der Waals surface area contributed by atoms with Crippen molar-refractivity contribution in [3.05, 3.63) is 11.6 Å². The van der Waals surface area contributed by atoms with E-state index in [1.807, 2.05) is 0 Å². The SMILES string of the molecule is C[C@]12CCC(O[Si](C)(C)C)CC1=CC(O[Si](C)(C)C)[C@@H]1[C@H]2CC[C@]2(C)C(=O)CC[C@@H]12. The lowest BCUT2D eigenvalue weighted by molar-refractivity contribution is -0.135. The molecule has 0 bridgehead atoms. The van der Waals surface area contributed by atoms with E-state index in [1.165, 1.54) is 19.3 Å². The Kier molecular flexibility index (Phi) is 5.65. The Morgan fingerprint density at radius 1 is 0.867 bits per heavy atom. The molecule has 3 fully saturated rings. The third-order valence-corrected chi connectivity index (χ3v) is 10.8. The maximum atomic E-state index is 12.9. The highest BCUT2D eigenvalue weighted by Gasteiger charge is 2.61. The number of carbonyl (C=O) groups is 1. The number of rotatable bonds is 4. The van der Waals surface area contributed by atoms with Gasteiger partial charge in [-0.05, 0) is 101 Å². The van der Waals surface area contributed by atoms with Crippen LogP contribution in [0.5, 0.6) is 0 Å². The number of fused-ring (bicyclic) bond motifs is 5. The van der Waals surface area contributed by atoms with Crippen molar-refractivity contribution in [1.82, 2.24) is 0 Å². The van der Waals surface area contributed by atoms with E-state index in [9.17, 15) is 4.79 Å². The highest BCUT2D eigenvalue weighted by atomic mass is 28.4. The lowest BCUT2D eigenvalue weighted by atomic mass is 9.47. The molecular formula is C25H44O3Si2. The second kappa shape index (κ2) is 7.39. The minimum absolute atomic E-state index is 0.109. The average molecular weight is 449 g/mol. The third-order valence-electron chi connectivity index (χ3n) is 8.78. The monoisotopic (exact) mass is 448 g/mol. The van der Waals surface area contributed by atoms with Gasteiger partial charge in [0.25, 0.3) is 0 Å². The topological polar surface area (TPSA) is 35.5 Å². The van der Waals surface area contributed by atoms with Gasteiger partial charge in [0, 0.05) is 17.9 Å². The zero-order chi connectivity index (χ0) is 22.1. The fourth-order valence-electron chi connectivity index (χ4n) is 7.48. The Bertz CT molecular complexity index is 734. The zero-order valence-corrected chi connectivity index (χ0v) is 22.6. The van der Waals surface area contributed by atoms with Gasteiger partial charge in [-0.1, -0.05) is 25.5 Å². The summed E-state index contributed by atoms with van der Waals surface area (Å²) in [5.74, 6) is 2.17. The summed E-state index contributed by atoms with van der Waals surface area (Å²) in [4.78, 5) is 12.9. The van der Waals surface area contributed by atoms with Gasteiger partial charge < -0.3 is 8.85 Å². The van der Waals surface area contributed by atoms with E-state index >= 15 is 0 Å². The summed E-state index contributed by atoms with van der Waals surface area (Å²) in [5.41, 5.74) is 1.76. The molecule has 4 aliphatic carbocycles. The van der Waals surface area contributed by atoms with Crippen molar-refractivity contribution in [1.29, 1.82) is 0 Å². The number of Topliss-reactive ketones (excluding diaryl/α,β-unsaturated/α-hetero) is 1. The first-order valence-corrected chi connectivity index (χ1v) is 19.1. The molecule has 0 spiro atoms. The highest BCUT2D eigenvalue weighted by molar-refractivity contribution is 6.70. The van der Waals surface area contributed by atoms with Gasteiger partial charge in [0.05, 0.1) is 6.10 Å². The van der Waals surface area contributed by atoms with Crippen LogP contribution >= 0.6 is 0 Å². The fourth-order valence-corrected chi connectivity index (χ4v) is 9.73. The molecule has 30 heavy (non-hydrogen) atoms. The first-order valence-electron chi connectivity index (χ1n) is 12.3. The van der Waals surface area contributed by atoms with Crippen LogP contribution in [0, 0.1) is 28.6 Å². The Hall–Kier alpha value is -0.236. The van der Waals surface area contributed by atoms with Crippen LogP contribution in [-0.2, 0) is 13.6 Å². The van der Waals surface area contributed by atoms with E-state index < -0.39 is 16.6 Å². The van der Waals surface area contributed by atoms with Gasteiger partial charge in [0.1, 0.15) is 5.78 Å². The molecule has 0 aromatic carbocycles. The molecule has 0 aliphatic heterocycles. The van der Waals surface area contributed by atoms with Crippen molar-refractivity contribution < 1.29 is 13.6 Å². The summed E-state index contributed by atoms with van der Waals surface area (Å²) in [5, 5.41) is 0. The molecule has 4 aliphatic rings. The predicted molar refractivity (Wildman–Crippen MR) is 129 cm³/mol. The van der Waals surface area contributed by atoms with Gasteiger partial charge in [-0.3, -0.25) is 4.79 Å². The van der Waals surface area contributed by atoms with Crippen molar-refractivity contribution in [3.8, 4) is 0 Å². The summed E-state index contributed by atoms with van der Waals surface area (Å²) < 4.78 is 13.5. The first-order chi connectivity index (χ1) is 13.7. The van der Waals surface area contributed by atoms with Gasteiger partial charge >= 0.3 is 0 Å². The molecule has 2 unspecified atom stereocenters. The van der Waals surface area contributed by atoms with Crippen molar-refractivity contribution >= 4 is 22.4 Å². The predicted octanol–water partition coefficient (Wildman–Crippen LogP) is 6.57.